The molecule has 1 amide bonds. The fourth-order valence-corrected chi connectivity index (χ4v) is 2.74. The van der Waals surface area contributed by atoms with Gasteiger partial charge in [0.15, 0.2) is 0 Å². The Kier molecular flexibility index (Phi) is 5.88. The van der Waals surface area contributed by atoms with Gasteiger partial charge in [0.25, 0.3) is 0 Å². The normalized spacial score (nSPS) is 10.3. The minimum atomic E-state index is -0.101. The van der Waals surface area contributed by atoms with Gasteiger partial charge in [-0.3, -0.25) is 4.79 Å². The number of amides is 1. The molecule has 0 saturated carbocycles. The van der Waals surface area contributed by atoms with Gasteiger partial charge in [0.2, 0.25) is 5.91 Å². The number of nitrogens with one attached hydrogen (secondary N) is 3. The lowest BCUT2D eigenvalue weighted by molar-refractivity contribution is -0.114. The molecule has 3 rings (SSSR count). The van der Waals surface area contributed by atoms with E-state index in [0.29, 0.717) is 29.0 Å². The third-order valence-corrected chi connectivity index (χ3v) is 4.10. The van der Waals surface area contributed by atoms with Gasteiger partial charge in [-0.2, -0.15) is 0 Å². The second-order valence-corrected chi connectivity index (χ2v) is 6.42. The van der Waals surface area contributed by atoms with E-state index < -0.39 is 0 Å². The van der Waals surface area contributed by atoms with E-state index in [1.807, 2.05) is 61.5 Å². The van der Waals surface area contributed by atoms with E-state index in [0.717, 1.165) is 16.9 Å². The number of hydrogen-bond donors (Lipinski definition) is 3. The molecule has 0 radical (unpaired) electrons. The Balaban J connectivity index is 1.69. The van der Waals surface area contributed by atoms with Crippen molar-refractivity contribution in [1.29, 1.82) is 0 Å². The fraction of sp³-hybridized carbons (Fsp3) is 0.150. The average Bonchev–Trinajstić information content (AvgIpc) is 2.62. The van der Waals surface area contributed by atoms with Gasteiger partial charge in [-0.1, -0.05) is 29.8 Å². The topological polar surface area (TPSA) is 78.9 Å². The van der Waals surface area contributed by atoms with Crippen molar-refractivity contribution in [1.82, 2.24) is 9.97 Å². The predicted molar refractivity (Wildman–Crippen MR) is 110 cm³/mol. The Morgan fingerprint density at radius 2 is 1.67 bits per heavy atom. The second-order valence-electron chi connectivity index (χ2n) is 6.01. The van der Waals surface area contributed by atoms with Crippen LogP contribution < -0.4 is 16.0 Å². The van der Waals surface area contributed by atoms with Crippen molar-refractivity contribution >= 4 is 40.5 Å². The first-order valence-electron chi connectivity index (χ1n) is 8.47. The zero-order valence-electron chi connectivity index (χ0n) is 15.1. The zero-order chi connectivity index (χ0) is 19.2. The fourth-order valence-electron chi connectivity index (χ4n) is 2.54. The summed E-state index contributed by atoms with van der Waals surface area (Å²) < 4.78 is 0. The molecule has 0 spiro atoms. The number of benzene rings is 2. The van der Waals surface area contributed by atoms with Crippen molar-refractivity contribution in [2.45, 2.75) is 20.4 Å². The van der Waals surface area contributed by atoms with Crippen LogP contribution in [0.15, 0.2) is 54.6 Å². The van der Waals surface area contributed by atoms with E-state index in [-0.39, 0.29) is 5.91 Å². The van der Waals surface area contributed by atoms with Crippen molar-refractivity contribution in [2.75, 3.05) is 16.0 Å². The first-order valence-corrected chi connectivity index (χ1v) is 8.85. The Morgan fingerprint density at radius 3 is 2.37 bits per heavy atom. The van der Waals surface area contributed by atoms with Crippen molar-refractivity contribution < 1.29 is 4.79 Å². The molecule has 0 saturated heterocycles. The van der Waals surface area contributed by atoms with Crippen LogP contribution in [-0.4, -0.2) is 15.9 Å². The molecular formula is C20H20ClN5O. The molecule has 3 aromatic rings. The van der Waals surface area contributed by atoms with Gasteiger partial charge in [0.05, 0.1) is 0 Å². The van der Waals surface area contributed by atoms with Crippen LogP contribution in [-0.2, 0) is 11.3 Å². The van der Waals surface area contributed by atoms with Crippen LogP contribution in [0.25, 0.3) is 0 Å². The van der Waals surface area contributed by atoms with E-state index in [1.165, 1.54) is 6.92 Å². The summed E-state index contributed by atoms with van der Waals surface area (Å²) in [7, 11) is 0. The largest absolute Gasteiger partial charge is 0.366 e. The average molecular weight is 382 g/mol. The SMILES string of the molecule is CC(=O)Nc1ccc(Nc2cc(NCc3ccccc3Cl)nc(C)n2)cc1. The molecule has 0 bridgehead atoms. The van der Waals surface area contributed by atoms with Gasteiger partial charge in [-0.15, -0.1) is 0 Å². The van der Waals surface area contributed by atoms with E-state index >= 15 is 0 Å². The molecule has 138 valence electrons. The van der Waals surface area contributed by atoms with Crippen molar-refractivity contribution in [3.05, 3.63) is 71.0 Å². The molecule has 0 fully saturated rings. The Hall–Kier alpha value is -3.12. The standard InChI is InChI=1S/C20H20ClN5O/c1-13-23-19(22-12-15-5-3-4-6-18(15)21)11-20(24-13)26-17-9-7-16(8-10-17)25-14(2)27/h3-11H,12H2,1-2H3,(H,25,27)(H2,22,23,24,26). The summed E-state index contributed by atoms with van der Waals surface area (Å²) in [5.41, 5.74) is 2.60. The number of anilines is 4. The van der Waals surface area contributed by atoms with Gasteiger partial charge in [0, 0.05) is 35.9 Å². The summed E-state index contributed by atoms with van der Waals surface area (Å²) in [6.07, 6.45) is 0. The van der Waals surface area contributed by atoms with Gasteiger partial charge in [0.1, 0.15) is 17.5 Å². The highest BCUT2D eigenvalue weighted by molar-refractivity contribution is 6.31. The quantitative estimate of drug-likeness (QED) is 0.574. The molecule has 0 aliphatic heterocycles. The van der Waals surface area contributed by atoms with E-state index in [4.69, 9.17) is 11.6 Å². The molecule has 2 aromatic carbocycles. The summed E-state index contributed by atoms with van der Waals surface area (Å²) >= 11 is 6.19. The van der Waals surface area contributed by atoms with E-state index in [1.54, 1.807) is 0 Å². The number of hydrogen-bond acceptors (Lipinski definition) is 5. The summed E-state index contributed by atoms with van der Waals surface area (Å²) in [5, 5.41) is 9.98. The van der Waals surface area contributed by atoms with Gasteiger partial charge in [-0.05, 0) is 42.8 Å². The van der Waals surface area contributed by atoms with Crippen LogP contribution in [0.5, 0.6) is 0 Å². The Labute approximate surface area is 163 Å². The van der Waals surface area contributed by atoms with E-state index in [2.05, 4.69) is 25.9 Å². The first kappa shape index (κ1) is 18.7. The van der Waals surface area contributed by atoms with Crippen LogP contribution >= 0.6 is 11.6 Å². The third kappa shape index (κ3) is 5.43. The summed E-state index contributed by atoms with van der Waals surface area (Å²) in [6, 6.07) is 16.9. The van der Waals surface area contributed by atoms with E-state index in [9.17, 15) is 4.79 Å². The maximum absolute atomic E-state index is 11.1. The highest BCUT2D eigenvalue weighted by Crippen LogP contribution is 2.21. The molecule has 0 unspecified atom stereocenters. The maximum Gasteiger partial charge on any atom is 0.221 e. The molecule has 0 aliphatic rings. The molecule has 1 aromatic heterocycles. The molecule has 6 nitrogen and oxygen atoms in total. The second kappa shape index (κ2) is 8.51. The predicted octanol–water partition coefficient (Wildman–Crippen LogP) is 4.75. The lowest BCUT2D eigenvalue weighted by Crippen LogP contribution is -2.06. The Bertz CT molecular complexity index is 943. The smallest absolute Gasteiger partial charge is 0.221 e. The zero-order valence-corrected chi connectivity index (χ0v) is 15.8. The number of carbonyl (C=O) groups is 1. The first-order chi connectivity index (χ1) is 13.0. The van der Waals surface area contributed by atoms with Crippen molar-refractivity contribution in [2.24, 2.45) is 0 Å². The minimum Gasteiger partial charge on any atom is -0.366 e. The van der Waals surface area contributed by atoms with Gasteiger partial charge >= 0.3 is 0 Å². The highest BCUT2D eigenvalue weighted by atomic mass is 35.5. The molecular weight excluding hydrogens is 362 g/mol. The minimum absolute atomic E-state index is 0.101. The van der Waals surface area contributed by atoms with Crippen LogP contribution in [0.1, 0.15) is 18.3 Å². The third-order valence-electron chi connectivity index (χ3n) is 3.73. The Morgan fingerprint density at radius 1 is 1.00 bits per heavy atom. The monoisotopic (exact) mass is 381 g/mol. The van der Waals surface area contributed by atoms with Gasteiger partial charge < -0.3 is 16.0 Å². The number of rotatable bonds is 6. The summed E-state index contributed by atoms with van der Waals surface area (Å²) in [4.78, 5) is 19.9. The lowest BCUT2D eigenvalue weighted by Gasteiger charge is -2.11. The molecule has 1 heterocycles. The lowest BCUT2D eigenvalue weighted by atomic mass is 10.2. The van der Waals surface area contributed by atoms with Crippen LogP contribution in [0.2, 0.25) is 5.02 Å². The summed E-state index contributed by atoms with van der Waals surface area (Å²) in [5.74, 6) is 1.93. The van der Waals surface area contributed by atoms with Crippen molar-refractivity contribution in [3.8, 4) is 0 Å². The molecule has 0 atom stereocenters. The number of aryl methyl sites for hydroxylation is 1. The van der Waals surface area contributed by atoms with Crippen LogP contribution in [0.4, 0.5) is 23.0 Å². The molecule has 0 aliphatic carbocycles. The maximum atomic E-state index is 11.1. The van der Waals surface area contributed by atoms with Crippen LogP contribution in [0.3, 0.4) is 0 Å². The number of aromatic nitrogens is 2. The summed E-state index contributed by atoms with van der Waals surface area (Å²) in [6.45, 7) is 3.89. The highest BCUT2D eigenvalue weighted by Gasteiger charge is 2.05. The number of carbonyl (C=O) groups excluding carboxylic acids is 1. The number of halogens is 1. The molecule has 7 heteroatoms. The molecule has 27 heavy (non-hydrogen) atoms. The van der Waals surface area contributed by atoms with Gasteiger partial charge in [-0.25, -0.2) is 9.97 Å². The van der Waals surface area contributed by atoms with Crippen LogP contribution in [0, 0.1) is 6.92 Å². The molecule has 3 N–H and O–H groups in total. The van der Waals surface area contributed by atoms with Crippen molar-refractivity contribution in [3.63, 3.8) is 0 Å². The number of nitrogens with zero attached hydrogens (tertiary/aromatic N) is 2.